The number of aryl methyl sites for hydroxylation is 2. The molecule has 1 unspecified atom stereocenters. The maximum absolute atomic E-state index is 13.8. The lowest BCUT2D eigenvalue weighted by Crippen LogP contribution is -2.24. The van der Waals surface area contributed by atoms with E-state index in [0.29, 0.717) is 25.3 Å². The van der Waals surface area contributed by atoms with Gasteiger partial charge in [-0.05, 0) is 74.2 Å². The molecule has 0 aliphatic carbocycles. The topological polar surface area (TPSA) is 47.4 Å². The van der Waals surface area contributed by atoms with Crippen LogP contribution in [0.2, 0.25) is 0 Å². The van der Waals surface area contributed by atoms with Crippen molar-refractivity contribution in [3.63, 3.8) is 0 Å². The number of imidazole rings is 1. The third-order valence-electron chi connectivity index (χ3n) is 6.88. The molecule has 3 aromatic carbocycles. The van der Waals surface area contributed by atoms with Crippen molar-refractivity contribution in [1.82, 2.24) is 9.55 Å². The summed E-state index contributed by atoms with van der Waals surface area (Å²) < 4.78 is 22.0. The Morgan fingerprint density at radius 3 is 2.71 bits per heavy atom. The number of halogens is 1. The van der Waals surface area contributed by atoms with Crippen LogP contribution in [0.4, 0.5) is 10.1 Å². The lowest BCUT2D eigenvalue weighted by Gasteiger charge is -2.17. The monoisotopic (exact) mass is 471 g/mol. The average molecular weight is 472 g/mol. The van der Waals surface area contributed by atoms with Crippen molar-refractivity contribution in [2.75, 3.05) is 18.1 Å². The van der Waals surface area contributed by atoms with Gasteiger partial charge in [0.05, 0.1) is 17.6 Å². The van der Waals surface area contributed by atoms with Crippen LogP contribution in [-0.2, 0) is 11.3 Å². The van der Waals surface area contributed by atoms with Crippen molar-refractivity contribution in [3.8, 4) is 5.75 Å². The Bertz CT molecular complexity index is 1360. The van der Waals surface area contributed by atoms with Crippen LogP contribution < -0.4 is 9.64 Å². The predicted molar refractivity (Wildman–Crippen MR) is 136 cm³/mol. The third-order valence-corrected chi connectivity index (χ3v) is 6.88. The summed E-state index contributed by atoms with van der Waals surface area (Å²) in [5.41, 5.74) is 5.03. The maximum atomic E-state index is 13.8. The Hall–Kier alpha value is -3.67. The van der Waals surface area contributed by atoms with Gasteiger partial charge in [-0.2, -0.15) is 0 Å². The minimum atomic E-state index is -0.339. The van der Waals surface area contributed by atoms with Gasteiger partial charge in [-0.1, -0.05) is 30.3 Å². The maximum Gasteiger partial charge on any atom is 0.227 e. The molecule has 1 aliphatic rings. The molecule has 5 rings (SSSR count). The van der Waals surface area contributed by atoms with Gasteiger partial charge >= 0.3 is 0 Å². The zero-order valence-electron chi connectivity index (χ0n) is 20.2. The largest absolute Gasteiger partial charge is 0.493 e. The number of nitrogens with zero attached hydrogens (tertiary/aromatic N) is 3. The number of hydrogen-bond donors (Lipinski definition) is 0. The zero-order chi connectivity index (χ0) is 24.4. The standard InChI is InChI=1S/C29H30FN3O2/c1-20-9-7-14-27(21(20)2)35-16-6-5-15-32-26-13-4-3-12-25(26)31-29(32)22-17-28(34)33(19-22)24-11-8-10-23(30)18-24/h3-4,7-14,18,22H,5-6,15-17,19H2,1-2H3. The van der Waals surface area contributed by atoms with Gasteiger partial charge in [0.25, 0.3) is 0 Å². The van der Waals surface area contributed by atoms with E-state index in [9.17, 15) is 9.18 Å². The second kappa shape index (κ2) is 9.90. The molecule has 1 fully saturated rings. The van der Waals surface area contributed by atoms with Gasteiger partial charge in [0.1, 0.15) is 17.4 Å². The van der Waals surface area contributed by atoms with Gasteiger partial charge in [-0.25, -0.2) is 9.37 Å². The van der Waals surface area contributed by atoms with Crippen molar-refractivity contribution in [3.05, 3.63) is 89.5 Å². The number of hydrogen-bond acceptors (Lipinski definition) is 3. The minimum Gasteiger partial charge on any atom is -0.493 e. The highest BCUT2D eigenvalue weighted by molar-refractivity contribution is 5.96. The van der Waals surface area contributed by atoms with E-state index in [0.717, 1.165) is 42.0 Å². The molecule has 0 N–H and O–H groups in total. The predicted octanol–water partition coefficient (Wildman–Crippen LogP) is 6.17. The molecule has 0 saturated carbocycles. The summed E-state index contributed by atoms with van der Waals surface area (Å²) in [5.74, 6) is 1.49. The van der Waals surface area contributed by atoms with Crippen LogP contribution in [0.25, 0.3) is 11.0 Å². The van der Waals surface area contributed by atoms with E-state index >= 15 is 0 Å². The number of para-hydroxylation sites is 2. The smallest absolute Gasteiger partial charge is 0.227 e. The normalized spacial score (nSPS) is 15.8. The van der Waals surface area contributed by atoms with Gasteiger partial charge in [-0.3, -0.25) is 4.79 Å². The molecule has 0 radical (unpaired) electrons. The summed E-state index contributed by atoms with van der Waals surface area (Å²) in [6, 6.07) is 20.5. The van der Waals surface area contributed by atoms with E-state index in [1.54, 1.807) is 17.0 Å². The summed E-state index contributed by atoms with van der Waals surface area (Å²) in [6.45, 7) is 6.14. The van der Waals surface area contributed by atoms with Gasteiger partial charge in [0.15, 0.2) is 0 Å². The van der Waals surface area contributed by atoms with Crippen LogP contribution in [0.5, 0.6) is 5.75 Å². The summed E-state index contributed by atoms with van der Waals surface area (Å²) in [6.07, 6.45) is 2.22. The van der Waals surface area contributed by atoms with E-state index in [-0.39, 0.29) is 17.6 Å². The number of anilines is 1. The number of unbranched alkanes of at least 4 members (excludes halogenated alkanes) is 1. The molecule has 0 spiro atoms. The highest BCUT2D eigenvalue weighted by Crippen LogP contribution is 2.33. The Labute approximate surface area is 205 Å². The minimum absolute atomic E-state index is 0.00105. The van der Waals surface area contributed by atoms with E-state index in [2.05, 4.69) is 30.5 Å². The van der Waals surface area contributed by atoms with Crippen LogP contribution in [-0.4, -0.2) is 28.6 Å². The number of fused-ring (bicyclic) bond motifs is 1. The van der Waals surface area contributed by atoms with Crippen LogP contribution in [0.15, 0.2) is 66.7 Å². The van der Waals surface area contributed by atoms with Crippen LogP contribution in [0.1, 0.15) is 42.1 Å². The first-order chi connectivity index (χ1) is 17.0. The summed E-state index contributed by atoms with van der Waals surface area (Å²) in [5, 5.41) is 0. The second-order valence-electron chi connectivity index (χ2n) is 9.25. The van der Waals surface area contributed by atoms with Crippen molar-refractivity contribution >= 4 is 22.6 Å². The van der Waals surface area contributed by atoms with Gasteiger partial charge in [-0.15, -0.1) is 0 Å². The molecule has 0 bridgehead atoms. The molecular formula is C29H30FN3O2. The first-order valence-electron chi connectivity index (χ1n) is 12.2. The number of carbonyl (C=O) groups is 1. The fourth-order valence-corrected chi connectivity index (χ4v) is 4.85. The molecule has 1 atom stereocenters. The molecule has 1 aromatic heterocycles. The molecule has 2 heterocycles. The lowest BCUT2D eigenvalue weighted by molar-refractivity contribution is -0.117. The molecular weight excluding hydrogens is 441 g/mol. The number of amides is 1. The van der Waals surface area contributed by atoms with E-state index in [1.807, 2.05) is 30.3 Å². The Morgan fingerprint density at radius 1 is 1.03 bits per heavy atom. The van der Waals surface area contributed by atoms with Crippen molar-refractivity contribution < 1.29 is 13.9 Å². The Kier molecular flexibility index (Phi) is 6.53. The van der Waals surface area contributed by atoms with Crippen molar-refractivity contribution in [1.29, 1.82) is 0 Å². The summed E-state index contributed by atoms with van der Waals surface area (Å²) >= 11 is 0. The van der Waals surface area contributed by atoms with E-state index in [4.69, 9.17) is 9.72 Å². The number of rotatable bonds is 8. The molecule has 1 aliphatic heterocycles. The summed E-state index contributed by atoms with van der Waals surface area (Å²) in [4.78, 5) is 19.4. The molecule has 6 heteroatoms. The zero-order valence-corrected chi connectivity index (χ0v) is 20.2. The number of benzene rings is 3. The lowest BCUT2D eigenvalue weighted by atomic mass is 10.1. The Balaban J connectivity index is 1.30. The van der Waals surface area contributed by atoms with Crippen LogP contribution in [0, 0.1) is 19.7 Å². The fourth-order valence-electron chi connectivity index (χ4n) is 4.85. The van der Waals surface area contributed by atoms with Gasteiger partial charge in [0, 0.05) is 31.1 Å². The third kappa shape index (κ3) is 4.78. The van der Waals surface area contributed by atoms with Crippen molar-refractivity contribution in [2.24, 2.45) is 0 Å². The SMILES string of the molecule is Cc1cccc(OCCCCn2c(C3CC(=O)N(c4cccc(F)c4)C3)nc3ccccc32)c1C. The first kappa shape index (κ1) is 23.1. The molecule has 1 amide bonds. The Morgan fingerprint density at radius 2 is 1.86 bits per heavy atom. The molecule has 5 nitrogen and oxygen atoms in total. The fraction of sp³-hybridized carbons (Fsp3) is 0.310. The van der Waals surface area contributed by atoms with Gasteiger partial charge in [0.2, 0.25) is 5.91 Å². The molecule has 180 valence electrons. The quantitative estimate of drug-likeness (QED) is 0.289. The van der Waals surface area contributed by atoms with E-state index < -0.39 is 0 Å². The van der Waals surface area contributed by atoms with Crippen molar-refractivity contribution in [2.45, 2.75) is 45.6 Å². The van der Waals surface area contributed by atoms with Crippen LogP contribution >= 0.6 is 0 Å². The first-order valence-corrected chi connectivity index (χ1v) is 12.2. The van der Waals surface area contributed by atoms with Gasteiger partial charge < -0.3 is 14.2 Å². The highest BCUT2D eigenvalue weighted by atomic mass is 19.1. The number of carbonyl (C=O) groups excluding carboxylic acids is 1. The molecule has 1 saturated heterocycles. The highest BCUT2D eigenvalue weighted by Gasteiger charge is 2.34. The number of aromatic nitrogens is 2. The second-order valence-corrected chi connectivity index (χ2v) is 9.25. The van der Waals surface area contributed by atoms with E-state index in [1.165, 1.54) is 23.3 Å². The molecule has 35 heavy (non-hydrogen) atoms. The summed E-state index contributed by atoms with van der Waals surface area (Å²) in [7, 11) is 0. The van der Waals surface area contributed by atoms with Crippen LogP contribution in [0.3, 0.4) is 0 Å². The number of ether oxygens (including phenoxy) is 1. The molecule has 4 aromatic rings. The average Bonchev–Trinajstić information content (AvgIpc) is 3.42.